The average molecular weight is 388 g/mol. The Labute approximate surface area is 148 Å². The first kappa shape index (κ1) is 18.8. The van der Waals surface area contributed by atoms with Crippen molar-refractivity contribution in [2.75, 3.05) is 26.2 Å². The summed E-state index contributed by atoms with van der Waals surface area (Å²) in [6, 6.07) is 7.59. The SMILES string of the molecule is O=S(=O)(c1ccc(F)c(F)c1F)N1CCN(Cc2ccccc2F)CC1. The van der Waals surface area contributed by atoms with Crippen LogP contribution in [0.2, 0.25) is 0 Å². The second kappa shape index (κ2) is 7.34. The molecule has 1 saturated heterocycles. The van der Waals surface area contributed by atoms with E-state index in [-0.39, 0.29) is 18.9 Å². The summed E-state index contributed by atoms with van der Waals surface area (Å²) in [6.07, 6.45) is 0. The van der Waals surface area contributed by atoms with Crippen molar-refractivity contribution in [1.29, 1.82) is 0 Å². The normalized spacial score (nSPS) is 16.8. The Morgan fingerprint density at radius 1 is 0.808 bits per heavy atom. The van der Waals surface area contributed by atoms with Crippen LogP contribution in [0.1, 0.15) is 5.56 Å². The molecular formula is C17H16F4N2O2S. The Kier molecular flexibility index (Phi) is 5.31. The molecule has 0 aliphatic carbocycles. The van der Waals surface area contributed by atoms with Crippen molar-refractivity contribution in [1.82, 2.24) is 9.21 Å². The number of piperazine rings is 1. The molecule has 26 heavy (non-hydrogen) atoms. The van der Waals surface area contributed by atoms with E-state index in [1.807, 2.05) is 4.90 Å². The van der Waals surface area contributed by atoms with Crippen molar-refractivity contribution in [3.8, 4) is 0 Å². The van der Waals surface area contributed by atoms with Gasteiger partial charge in [-0.05, 0) is 18.2 Å². The highest BCUT2D eigenvalue weighted by atomic mass is 32.2. The van der Waals surface area contributed by atoms with Gasteiger partial charge in [0.1, 0.15) is 10.7 Å². The van der Waals surface area contributed by atoms with Gasteiger partial charge in [-0.15, -0.1) is 0 Å². The molecule has 4 nitrogen and oxygen atoms in total. The van der Waals surface area contributed by atoms with Crippen molar-refractivity contribution in [3.63, 3.8) is 0 Å². The van der Waals surface area contributed by atoms with E-state index in [2.05, 4.69) is 0 Å². The fourth-order valence-corrected chi connectivity index (χ4v) is 4.32. The third-order valence-corrected chi connectivity index (χ3v) is 6.22. The van der Waals surface area contributed by atoms with Gasteiger partial charge < -0.3 is 0 Å². The van der Waals surface area contributed by atoms with E-state index in [1.165, 1.54) is 6.07 Å². The van der Waals surface area contributed by atoms with Crippen molar-refractivity contribution < 1.29 is 26.0 Å². The van der Waals surface area contributed by atoms with Gasteiger partial charge in [0.05, 0.1) is 0 Å². The average Bonchev–Trinajstić information content (AvgIpc) is 2.62. The molecule has 0 N–H and O–H groups in total. The standard InChI is InChI=1S/C17H16F4N2O2S/c18-13-4-2-1-3-12(13)11-22-7-9-23(10-8-22)26(24,25)15-6-5-14(19)16(20)17(15)21/h1-6H,7-11H2. The van der Waals surface area contributed by atoms with Gasteiger partial charge in [-0.3, -0.25) is 4.90 Å². The summed E-state index contributed by atoms with van der Waals surface area (Å²) >= 11 is 0. The number of benzene rings is 2. The fraction of sp³-hybridized carbons (Fsp3) is 0.294. The van der Waals surface area contributed by atoms with Crippen molar-refractivity contribution >= 4 is 10.0 Å². The third kappa shape index (κ3) is 3.60. The molecule has 3 rings (SSSR count). The molecule has 140 valence electrons. The maximum absolute atomic E-state index is 13.8. The molecule has 1 heterocycles. The topological polar surface area (TPSA) is 40.6 Å². The maximum Gasteiger partial charge on any atom is 0.246 e. The molecule has 1 fully saturated rings. The monoisotopic (exact) mass is 388 g/mol. The molecule has 2 aromatic carbocycles. The molecule has 0 aromatic heterocycles. The Morgan fingerprint density at radius 3 is 2.12 bits per heavy atom. The summed E-state index contributed by atoms with van der Waals surface area (Å²) in [4.78, 5) is 0.977. The first-order chi connectivity index (χ1) is 12.3. The number of sulfonamides is 1. The first-order valence-electron chi connectivity index (χ1n) is 7.90. The smallest absolute Gasteiger partial charge is 0.246 e. The largest absolute Gasteiger partial charge is 0.296 e. The second-order valence-electron chi connectivity index (χ2n) is 5.95. The molecule has 0 unspecified atom stereocenters. The van der Waals surface area contributed by atoms with Crippen molar-refractivity contribution in [2.45, 2.75) is 11.4 Å². The quantitative estimate of drug-likeness (QED) is 0.598. The maximum atomic E-state index is 13.8. The molecule has 0 amide bonds. The van der Waals surface area contributed by atoms with Gasteiger partial charge in [-0.1, -0.05) is 18.2 Å². The summed E-state index contributed by atoms with van der Waals surface area (Å²) in [5.74, 6) is -5.33. The number of hydrogen-bond donors (Lipinski definition) is 0. The Hall–Kier alpha value is -1.97. The highest BCUT2D eigenvalue weighted by molar-refractivity contribution is 7.89. The molecule has 1 aliphatic heterocycles. The molecule has 1 aliphatic rings. The highest BCUT2D eigenvalue weighted by Gasteiger charge is 2.32. The lowest BCUT2D eigenvalue weighted by Crippen LogP contribution is -2.48. The fourth-order valence-electron chi connectivity index (χ4n) is 2.84. The van der Waals surface area contributed by atoms with Crippen LogP contribution in [-0.2, 0) is 16.6 Å². The van der Waals surface area contributed by atoms with Crippen LogP contribution in [0.5, 0.6) is 0 Å². The van der Waals surface area contributed by atoms with E-state index >= 15 is 0 Å². The van der Waals surface area contributed by atoms with E-state index in [0.717, 1.165) is 10.4 Å². The summed E-state index contributed by atoms with van der Waals surface area (Å²) < 4.78 is 80.0. The lowest BCUT2D eigenvalue weighted by Gasteiger charge is -2.34. The molecule has 2 aromatic rings. The lowest BCUT2D eigenvalue weighted by atomic mass is 10.2. The van der Waals surface area contributed by atoms with Crippen LogP contribution < -0.4 is 0 Å². The van der Waals surface area contributed by atoms with Gasteiger partial charge in [0, 0.05) is 38.3 Å². The zero-order chi connectivity index (χ0) is 18.9. The Morgan fingerprint density at radius 2 is 1.46 bits per heavy atom. The van der Waals surface area contributed by atoms with Crippen LogP contribution in [0.4, 0.5) is 17.6 Å². The number of rotatable bonds is 4. The van der Waals surface area contributed by atoms with Gasteiger partial charge in [0.2, 0.25) is 10.0 Å². The van der Waals surface area contributed by atoms with Crippen LogP contribution in [0.25, 0.3) is 0 Å². The summed E-state index contributed by atoms with van der Waals surface area (Å²) in [7, 11) is -4.29. The van der Waals surface area contributed by atoms with Crippen LogP contribution in [0, 0.1) is 23.3 Å². The second-order valence-corrected chi connectivity index (χ2v) is 7.85. The van der Waals surface area contributed by atoms with Crippen LogP contribution >= 0.6 is 0 Å². The number of nitrogens with zero attached hydrogens (tertiary/aromatic N) is 2. The van der Waals surface area contributed by atoms with Gasteiger partial charge in [0.25, 0.3) is 0 Å². The summed E-state index contributed by atoms with van der Waals surface area (Å²) in [5.41, 5.74) is 0.496. The lowest BCUT2D eigenvalue weighted by molar-refractivity contribution is 0.179. The van der Waals surface area contributed by atoms with Gasteiger partial charge >= 0.3 is 0 Å². The molecule has 0 atom stereocenters. The van der Waals surface area contributed by atoms with E-state index in [4.69, 9.17) is 0 Å². The zero-order valence-electron chi connectivity index (χ0n) is 13.6. The minimum absolute atomic E-state index is 0.0369. The number of halogens is 4. The summed E-state index contributed by atoms with van der Waals surface area (Å²) in [6.45, 7) is 1.00. The van der Waals surface area contributed by atoms with E-state index in [1.54, 1.807) is 18.2 Å². The molecule has 0 bridgehead atoms. The van der Waals surface area contributed by atoms with Gasteiger partial charge in [0.15, 0.2) is 17.5 Å². The van der Waals surface area contributed by atoms with Crippen LogP contribution in [0.15, 0.2) is 41.3 Å². The molecule has 0 spiro atoms. The number of hydrogen-bond acceptors (Lipinski definition) is 3. The third-order valence-electron chi connectivity index (χ3n) is 4.30. The summed E-state index contributed by atoms with van der Waals surface area (Å²) in [5, 5.41) is 0. The molecule has 0 radical (unpaired) electrons. The van der Waals surface area contributed by atoms with Crippen LogP contribution in [0.3, 0.4) is 0 Å². The van der Waals surface area contributed by atoms with E-state index < -0.39 is 32.4 Å². The molecule has 9 heteroatoms. The minimum atomic E-state index is -4.29. The zero-order valence-corrected chi connectivity index (χ0v) is 14.4. The van der Waals surface area contributed by atoms with Gasteiger partial charge in [-0.25, -0.2) is 26.0 Å². The van der Waals surface area contributed by atoms with Crippen molar-refractivity contribution in [2.24, 2.45) is 0 Å². The van der Waals surface area contributed by atoms with E-state index in [0.29, 0.717) is 31.3 Å². The van der Waals surface area contributed by atoms with Crippen LogP contribution in [-0.4, -0.2) is 43.8 Å². The Bertz CT molecular complexity index is 913. The Balaban J connectivity index is 1.71. The molecular weight excluding hydrogens is 372 g/mol. The predicted molar refractivity (Wildman–Crippen MR) is 86.8 cm³/mol. The van der Waals surface area contributed by atoms with Gasteiger partial charge in [-0.2, -0.15) is 4.31 Å². The van der Waals surface area contributed by atoms with Crippen molar-refractivity contribution in [3.05, 3.63) is 65.2 Å². The van der Waals surface area contributed by atoms with E-state index in [9.17, 15) is 26.0 Å². The first-order valence-corrected chi connectivity index (χ1v) is 9.34. The molecule has 0 saturated carbocycles. The minimum Gasteiger partial charge on any atom is -0.296 e. The highest BCUT2D eigenvalue weighted by Crippen LogP contribution is 2.24. The predicted octanol–water partition coefficient (Wildman–Crippen LogP) is 2.75.